The van der Waals surface area contributed by atoms with Gasteiger partial charge in [-0.1, -0.05) is 12.1 Å². The Bertz CT molecular complexity index is 406. The molecule has 1 aliphatic heterocycles. The zero-order valence-electron chi connectivity index (χ0n) is 9.51. The molecule has 4 heteroatoms. The molecule has 0 saturated carbocycles. The van der Waals surface area contributed by atoms with E-state index in [0.717, 1.165) is 11.3 Å². The van der Waals surface area contributed by atoms with Gasteiger partial charge in [0.25, 0.3) is 0 Å². The third-order valence-electron chi connectivity index (χ3n) is 3.09. The summed E-state index contributed by atoms with van der Waals surface area (Å²) in [6.07, 6.45) is 0.669. The van der Waals surface area contributed by atoms with E-state index in [2.05, 4.69) is 0 Å². The number of amides is 1. The number of nitrogens with two attached hydrogens (primary N) is 1. The number of rotatable bonds is 2. The Morgan fingerprint density at radius 1 is 1.50 bits per heavy atom. The average molecular weight is 220 g/mol. The molecule has 0 radical (unpaired) electrons. The molecule has 0 unspecified atom stereocenters. The molecule has 0 aliphatic carbocycles. The molecule has 16 heavy (non-hydrogen) atoms. The fraction of sp³-hybridized carbons (Fsp3) is 0.417. The molecule has 2 rings (SSSR count). The zero-order valence-corrected chi connectivity index (χ0v) is 9.51. The Hall–Kier alpha value is -1.55. The Morgan fingerprint density at radius 2 is 2.25 bits per heavy atom. The third kappa shape index (κ3) is 1.76. The van der Waals surface area contributed by atoms with Crippen molar-refractivity contribution in [2.24, 2.45) is 5.73 Å². The number of benzene rings is 1. The molecule has 1 amide bonds. The van der Waals surface area contributed by atoms with Crippen molar-refractivity contribution in [2.75, 3.05) is 14.2 Å². The van der Waals surface area contributed by atoms with Crippen LogP contribution in [0.1, 0.15) is 18.0 Å². The van der Waals surface area contributed by atoms with Crippen LogP contribution in [-0.2, 0) is 4.79 Å². The third-order valence-corrected chi connectivity index (χ3v) is 3.09. The summed E-state index contributed by atoms with van der Waals surface area (Å²) in [4.78, 5) is 13.3. The van der Waals surface area contributed by atoms with Gasteiger partial charge in [0.15, 0.2) is 0 Å². The highest BCUT2D eigenvalue weighted by Crippen LogP contribution is 2.32. The van der Waals surface area contributed by atoms with Crippen LogP contribution in [0, 0.1) is 0 Å². The summed E-state index contributed by atoms with van der Waals surface area (Å²) in [5, 5.41) is 0. The van der Waals surface area contributed by atoms with Crippen molar-refractivity contribution in [1.82, 2.24) is 4.90 Å². The van der Waals surface area contributed by atoms with Gasteiger partial charge < -0.3 is 15.4 Å². The number of nitrogens with zero attached hydrogens (tertiary/aromatic N) is 1. The number of carbonyl (C=O) groups excluding carboxylic acids is 1. The van der Waals surface area contributed by atoms with E-state index in [1.165, 1.54) is 0 Å². The summed E-state index contributed by atoms with van der Waals surface area (Å²) in [5.74, 6) is 0.812. The van der Waals surface area contributed by atoms with E-state index < -0.39 is 0 Å². The molecule has 1 aliphatic rings. The van der Waals surface area contributed by atoms with Crippen LogP contribution in [0.25, 0.3) is 0 Å². The Labute approximate surface area is 95.0 Å². The second-order valence-corrected chi connectivity index (χ2v) is 4.08. The van der Waals surface area contributed by atoms with E-state index in [4.69, 9.17) is 10.5 Å². The Kier molecular flexibility index (Phi) is 2.83. The molecule has 4 nitrogen and oxygen atoms in total. The molecule has 0 spiro atoms. The normalized spacial score (nSPS) is 24.9. The largest absolute Gasteiger partial charge is 0.497 e. The SMILES string of the molecule is COc1cccc([C@@H]2C[C@@H](N)C(=O)N2C)c1. The predicted octanol–water partition coefficient (Wildman–Crippen LogP) is 0.926. The number of methoxy groups -OCH3 is 1. The summed E-state index contributed by atoms with van der Waals surface area (Å²) in [7, 11) is 3.42. The summed E-state index contributed by atoms with van der Waals surface area (Å²) >= 11 is 0. The van der Waals surface area contributed by atoms with Gasteiger partial charge in [-0.05, 0) is 24.1 Å². The van der Waals surface area contributed by atoms with Crippen LogP contribution in [0.15, 0.2) is 24.3 Å². The second kappa shape index (κ2) is 4.14. The van der Waals surface area contributed by atoms with Crippen molar-refractivity contribution >= 4 is 5.91 Å². The van der Waals surface area contributed by atoms with E-state index >= 15 is 0 Å². The smallest absolute Gasteiger partial charge is 0.239 e. The molecule has 0 bridgehead atoms. The maximum Gasteiger partial charge on any atom is 0.239 e. The van der Waals surface area contributed by atoms with Gasteiger partial charge in [0.2, 0.25) is 5.91 Å². The number of ether oxygens (including phenoxy) is 1. The molecular formula is C12H16N2O2. The van der Waals surface area contributed by atoms with Crippen molar-refractivity contribution in [3.63, 3.8) is 0 Å². The lowest BCUT2D eigenvalue weighted by molar-refractivity contribution is -0.128. The van der Waals surface area contributed by atoms with Crippen molar-refractivity contribution in [1.29, 1.82) is 0 Å². The highest BCUT2D eigenvalue weighted by Gasteiger charge is 2.35. The van der Waals surface area contributed by atoms with E-state index in [1.54, 1.807) is 19.1 Å². The fourth-order valence-corrected chi connectivity index (χ4v) is 2.12. The molecule has 1 heterocycles. The van der Waals surface area contributed by atoms with Crippen LogP contribution in [0.2, 0.25) is 0 Å². The van der Waals surface area contributed by atoms with Gasteiger partial charge in [0.05, 0.1) is 19.2 Å². The van der Waals surface area contributed by atoms with Crippen LogP contribution >= 0.6 is 0 Å². The second-order valence-electron chi connectivity index (χ2n) is 4.08. The highest BCUT2D eigenvalue weighted by atomic mass is 16.5. The molecule has 1 fully saturated rings. The first-order valence-corrected chi connectivity index (χ1v) is 5.29. The standard InChI is InChI=1S/C12H16N2O2/c1-14-11(7-10(13)12(14)15)8-4-3-5-9(6-8)16-2/h3-6,10-11H,7,13H2,1-2H3/t10-,11+/m1/s1. The minimum Gasteiger partial charge on any atom is -0.497 e. The lowest BCUT2D eigenvalue weighted by Crippen LogP contribution is -2.31. The lowest BCUT2D eigenvalue weighted by atomic mass is 10.0. The number of likely N-dealkylation sites (N-methyl/N-ethyl adjacent to an activating group) is 1. The van der Waals surface area contributed by atoms with E-state index in [9.17, 15) is 4.79 Å². The van der Waals surface area contributed by atoms with Crippen LogP contribution in [0.4, 0.5) is 0 Å². The van der Waals surface area contributed by atoms with Crippen molar-refractivity contribution in [3.8, 4) is 5.75 Å². The highest BCUT2D eigenvalue weighted by molar-refractivity contribution is 5.84. The molecule has 2 atom stereocenters. The number of carbonyl (C=O) groups is 1. The van der Waals surface area contributed by atoms with Gasteiger partial charge in [-0.15, -0.1) is 0 Å². The van der Waals surface area contributed by atoms with Crippen molar-refractivity contribution < 1.29 is 9.53 Å². The molecule has 1 aromatic rings. The van der Waals surface area contributed by atoms with Crippen LogP contribution in [0.3, 0.4) is 0 Å². The average Bonchev–Trinajstić information content (AvgIpc) is 2.57. The summed E-state index contributed by atoms with van der Waals surface area (Å²) in [6, 6.07) is 7.46. The fourth-order valence-electron chi connectivity index (χ4n) is 2.12. The topological polar surface area (TPSA) is 55.6 Å². The number of hydrogen-bond acceptors (Lipinski definition) is 3. The molecule has 1 aromatic carbocycles. The van der Waals surface area contributed by atoms with E-state index in [-0.39, 0.29) is 18.0 Å². The Morgan fingerprint density at radius 3 is 2.81 bits per heavy atom. The molecule has 1 saturated heterocycles. The van der Waals surface area contributed by atoms with Crippen LogP contribution in [-0.4, -0.2) is 31.0 Å². The minimum absolute atomic E-state index is 0.00724. The minimum atomic E-state index is -0.374. The van der Waals surface area contributed by atoms with Gasteiger partial charge in [0, 0.05) is 7.05 Å². The van der Waals surface area contributed by atoms with Crippen molar-refractivity contribution in [2.45, 2.75) is 18.5 Å². The van der Waals surface area contributed by atoms with Gasteiger partial charge in [0.1, 0.15) is 5.75 Å². The van der Waals surface area contributed by atoms with Gasteiger partial charge >= 0.3 is 0 Å². The van der Waals surface area contributed by atoms with E-state index in [1.807, 2.05) is 24.3 Å². The van der Waals surface area contributed by atoms with E-state index in [0.29, 0.717) is 6.42 Å². The molecule has 86 valence electrons. The van der Waals surface area contributed by atoms with Crippen molar-refractivity contribution in [3.05, 3.63) is 29.8 Å². The Balaban J connectivity index is 2.27. The van der Waals surface area contributed by atoms with Gasteiger partial charge in [-0.3, -0.25) is 4.79 Å². The molecule has 2 N–H and O–H groups in total. The summed E-state index contributed by atoms with van der Waals surface area (Å²) in [6.45, 7) is 0. The zero-order chi connectivity index (χ0) is 11.7. The lowest BCUT2D eigenvalue weighted by Gasteiger charge is -2.20. The monoisotopic (exact) mass is 220 g/mol. The van der Waals surface area contributed by atoms with Gasteiger partial charge in [-0.2, -0.15) is 0 Å². The maximum atomic E-state index is 11.6. The first-order chi connectivity index (χ1) is 7.63. The molecule has 0 aromatic heterocycles. The van der Waals surface area contributed by atoms with Crippen LogP contribution in [0.5, 0.6) is 5.75 Å². The van der Waals surface area contributed by atoms with Crippen LogP contribution < -0.4 is 10.5 Å². The first-order valence-electron chi connectivity index (χ1n) is 5.29. The number of likely N-dealkylation sites (tertiary alicyclic amines) is 1. The number of hydrogen-bond donors (Lipinski definition) is 1. The van der Waals surface area contributed by atoms with Gasteiger partial charge in [-0.25, -0.2) is 0 Å². The summed E-state index contributed by atoms with van der Waals surface area (Å²) < 4.78 is 5.17. The summed E-state index contributed by atoms with van der Waals surface area (Å²) in [5.41, 5.74) is 6.82. The maximum absolute atomic E-state index is 11.6. The first kappa shape index (κ1) is 11.0. The molecular weight excluding hydrogens is 204 g/mol. The predicted molar refractivity (Wildman–Crippen MR) is 61.1 cm³/mol. The quantitative estimate of drug-likeness (QED) is 0.806.